The molecule has 70 valence electrons. The van der Waals surface area contributed by atoms with E-state index in [1.165, 1.54) is 6.26 Å². The van der Waals surface area contributed by atoms with Crippen molar-refractivity contribution in [2.75, 3.05) is 0 Å². The Labute approximate surface area is 81.2 Å². The van der Waals surface area contributed by atoms with Gasteiger partial charge in [0.25, 0.3) is 0 Å². The quantitative estimate of drug-likeness (QED) is 0.785. The molecular formula is C11H9NO2. The van der Waals surface area contributed by atoms with E-state index in [2.05, 4.69) is 0 Å². The minimum Gasteiger partial charge on any atom is -0.464 e. The molecule has 1 unspecified atom stereocenters. The first-order valence-corrected chi connectivity index (χ1v) is 4.34. The fraction of sp³-hybridized carbons (Fsp3) is 0.182. The molecule has 3 heteroatoms. The molecule has 1 heterocycles. The Morgan fingerprint density at radius 3 is 3.00 bits per heavy atom. The van der Waals surface area contributed by atoms with Gasteiger partial charge in [0.15, 0.2) is 0 Å². The van der Waals surface area contributed by atoms with Crippen molar-refractivity contribution in [3.8, 4) is 6.07 Å². The van der Waals surface area contributed by atoms with Crippen LogP contribution in [0.1, 0.15) is 18.1 Å². The van der Waals surface area contributed by atoms with Crippen molar-refractivity contribution in [1.29, 1.82) is 5.26 Å². The van der Waals surface area contributed by atoms with Crippen LogP contribution in [-0.4, -0.2) is 5.11 Å². The lowest BCUT2D eigenvalue weighted by atomic mass is 10.1. The second-order valence-electron chi connectivity index (χ2n) is 3.07. The molecule has 1 N–H and O–H groups in total. The molecule has 1 aromatic carbocycles. The van der Waals surface area contributed by atoms with Crippen molar-refractivity contribution in [3.63, 3.8) is 0 Å². The molecule has 0 bridgehead atoms. The number of nitriles is 1. The molecule has 0 spiro atoms. The van der Waals surface area contributed by atoms with E-state index in [0.717, 1.165) is 11.0 Å². The Balaban J connectivity index is 2.48. The highest BCUT2D eigenvalue weighted by Gasteiger charge is 2.13. The van der Waals surface area contributed by atoms with Crippen LogP contribution in [0.2, 0.25) is 0 Å². The summed E-state index contributed by atoms with van der Waals surface area (Å²) in [5, 5.41) is 19.0. The maximum atomic E-state index is 9.62. The van der Waals surface area contributed by atoms with Crippen LogP contribution in [0.25, 0.3) is 11.0 Å². The summed E-state index contributed by atoms with van der Waals surface area (Å²) >= 11 is 0. The van der Waals surface area contributed by atoms with Gasteiger partial charge in [-0.05, 0) is 6.07 Å². The zero-order chi connectivity index (χ0) is 9.97. The van der Waals surface area contributed by atoms with E-state index >= 15 is 0 Å². The van der Waals surface area contributed by atoms with E-state index in [-0.39, 0.29) is 6.42 Å². The number of hydrogen-bond acceptors (Lipinski definition) is 3. The Bertz CT molecular complexity index is 481. The van der Waals surface area contributed by atoms with Crippen molar-refractivity contribution in [1.82, 2.24) is 0 Å². The van der Waals surface area contributed by atoms with Gasteiger partial charge in [0, 0.05) is 10.9 Å². The maximum absolute atomic E-state index is 9.62. The number of furan rings is 1. The lowest BCUT2D eigenvalue weighted by molar-refractivity contribution is 0.184. The van der Waals surface area contributed by atoms with Crippen LogP contribution in [0.5, 0.6) is 0 Å². The summed E-state index contributed by atoms with van der Waals surface area (Å²) in [6.45, 7) is 0. The van der Waals surface area contributed by atoms with Crippen LogP contribution in [0.15, 0.2) is 34.9 Å². The number of rotatable bonds is 2. The monoisotopic (exact) mass is 187 g/mol. The van der Waals surface area contributed by atoms with Crippen LogP contribution in [-0.2, 0) is 0 Å². The average Bonchev–Trinajstić information content (AvgIpc) is 2.61. The van der Waals surface area contributed by atoms with Crippen LogP contribution in [0.3, 0.4) is 0 Å². The number of fused-ring (bicyclic) bond motifs is 1. The Morgan fingerprint density at radius 2 is 2.21 bits per heavy atom. The number of benzene rings is 1. The minimum atomic E-state index is -0.761. The molecule has 0 amide bonds. The topological polar surface area (TPSA) is 57.2 Å². The second kappa shape index (κ2) is 3.52. The molecule has 0 aliphatic heterocycles. The van der Waals surface area contributed by atoms with E-state index in [1.54, 1.807) is 0 Å². The van der Waals surface area contributed by atoms with Crippen molar-refractivity contribution in [3.05, 3.63) is 36.1 Å². The lowest BCUT2D eigenvalue weighted by Gasteiger charge is -2.02. The first-order chi connectivity index (χ1) is 6.83. The highest BCUT2D eigenvalue weighted by Crippen LogP contribution is 2.27. The third-order valence-electron chi connectivity index (χ3n) is 2.15. The zero-order valence-electron chi connectivity index (χ0n) is 7.47. The van der Waals surface area contributed by atoms with Gasteiger partial charge in [-0.25, -0.2) is 0 Å². The molecule has 1 atom stereocenters. The van der Waals surface area contributed by atoms with Crippen LogP contribution in [0.4, 0.5) is 0 Å². The molecule has 2 aromatic rings. The summed E-state index contributed by atoms with van der Waals surface area (Å²) in [5.74, 6) is 0. The van der Waals surface area contributed by atoms with Crippen molar-refractivity contribution >= 4 is 11.0 Å². The van der Waals surface area contributed by atoms with E-state index in [4.69, 9.17) is 9.68 Å². The molecule has 0 aliphatic carbocycles. The molecule has 3 nitrogen and oxygen atoms in total. The van der Waals surface area contributed by atoms with Crippen LogP contribution < -0.4 is 0 Å². The first-order valence-electron chi connectivity index (χ1n) is 4.34. The van der Waals surface area contributed by atoms with Gasteiger partial charge in [0.1, 0.15) is 5.58 Å². The normalized spacial score (nSPS) is 12.6. The van der Waals surface area contributed by atoms with Crippen molar-refractivity contribution < 1.29 is 9.52 Å². The molecule has 0 aliphatic rings. The number of aliphatic hydroxyl groups is 1. The van der Waals surface area contributed by atoms with Gasteiger partial charge in [0.05, 0.1) is 24.9 Å². The van der Waals surface area contributed by atoms with Crippen LogP contribution >= 0.6 is 0 Å². The SMILES string of the molecule is N#CCC(O)c1coc2ccccc12. The molecule has 0 radical (unpaired) electrons. The molecule has 14 heavy (non-hydrogen) atoms. The fourth-order valence-electron chi connectivity index (χ4n) is 1.45. The molecule has 2 rings (SSSR count). The fourth-order valence-corrected chi connectivity index (χ4v) is 1.45. The summed E-state index contributed by atoms with van der Waals surface area (Å²) in [6.07, 6.45) is 0.833. The smallest absolute Gasteiger partial charge is 0.134 e. The van der Waals surface area contributed by atoms with Gasteiger partial charge in [-0.3, -0.25) is 0 Å². The Hall–Kier alpha value is -1.79. The largest absolute Gasteiger partial charge is 0.464 e. The predicted octanol–water partition coefficient (Wildman–Crippen LogP) is 2.38. The summed E-state index contributed by atoms with van der Waals surface area (Å²) in [7, 11) is 0. The summed E-state index contributed by atoms with van der Waals surface area (Å²) in [6, 6.07) is 9.37. The number of hydrogen-bond donors (Lipinski definition) is 1. The standard InChI is InChI=1S/C11H9NO2/c12-6-5-10(13)9-7-14-11-4-2-1-3-8(9)11/h1-4,7,10,13H,5H2. The minimum absolute atomic E-state index is 0.0868. The third-order valence-corrected chi connectivity index (χ3v) is 2.15. The highest BCUT2D eigenvalue weighted by atomic mass is 16.3. The van der Waals surface area contributed by atoms with Crippen molar-refractivity contribution in [2.45, 2.75) is 12.5 Å². The van der Waals surface area contributed by atoms with Crippen molar-refractivity contribution in [2.24, 2.45) is 0 Å². The average molecular weight is 187 g/mol. The zero-order valence-corrected chi connectivity index (χ0v) is 7.47. The Kier molecular flexibility index (Phi) is 2.21. The second-order valence-corrected chi connectivity index (χ2v) is 3.07. The lowest BCUT2D eigenvalue weighted by Crippen LogP contribution is -1.93. The van der Waals surface area contributed by atoms with E-state index in [9.17, 15) is 5.11 Å². The highest BCUT2D eigenvalue weighted by molar-refractivity contribution is 5.81. The van der Waals surface area contributed by atoms with Gasteiger partial charge in [-0.1, -0.05) is 18.2 Å². The Morgan fingerprint density at radius 1 is 1.43 bits per heavy atom. The molecule has 0 fully saturated rings. The van der Waals surface area contributed by atoms with Gasteiger partial charge in [0.2, 0.25) is 0 Å². The predicted molar refractivity (Wildman–Crippen MR) is 51.4 cm³/mol. The van der Waals surface area contributed by atoms with Crippen LogP contribution in [0, 0.1) is 11.3 Å². The van der Waals surface area contributed by atoms with Gasteiger partial charge < -0.3 is 9.52 Å². The number of aliphatic hydroxyl groups excluding tert-OH is 1. The molecule has 1 aromatic heterocycles. The summed E-state index contributed by atoms with van der Waals surface area (Å²) < 4.78 is 5.25. The van der Waals surface area contributed by atoms with E-state index in [0.29, 0.717) is 5.56 Å². The first kappa shape index (κ1) is 8.79. The molecule has 0 saturated heterocycles. The summed E-state index contributed by atoms with van der Waals surface area (Å²) in [5.41, 5.74) is 1.42. The van der Waals surface area contributed by atoms with Gasteiger partial charge >= 0.3 is 0 Å². The number of nitrogens with zero attached hydrogens (tertiary/aromatic N) is 1. The van der Waals surface area contributed by atoms with E-state index < -0.39 is 6.10 Å². The van der Waals surface area contributed by atoms with E-state index in [1.807, 2.05) is 30.3 Å². The third kappa shape index (κ3) is 1.36. The number of para-hydroxylation sites is 1. The molecule has 0 saturated carbocycles. The van der Waals surface area contributed by atoms with Gasteiger partial charge in [-0.15, -0.1) is 0 Å². The maximum Gasteiger partial charge on any atom is 0.134 e. The molecular weight excluding hydrogens is 178 g/mol. The van der Waals surface area contributed by atoms with Gasteiger partial charge in [-0.2, -0.15) is 5.26 Å². The summed E-state index contributed by atoms with van der Waals surface area (Å²) in [4.78, 5) is 0.